The summed E-state index contributed by atoms with van der Waals surface area (Å²) in [7, 11) is 2.02. The van der Waals surface area contributed by atoms with Crippen LogP contribution in [-0.4, -0.2) is 59.8 Å². The average molecular weight is 382 g/mol. The van der Waals surface area contributed by atoms with Gasteiger partial charge in [-0.15, -0.1) is 0 Å². The van der Waals surface area contributed by atoms with Crippen LogP contribution in [0.5, 0.6) is 0 Å². The fraction of sp³-hybridized carbons (Fsp3) is 0.300. The minimum Gasteiger partial charge on any atom is -0.336 e. The van der Waals surface area contributed by atoms with Gasteiger partial charge in [-0.2, -0.15) is 0 Å². The summed E-state index contributed by atoms with van der Waals surface area (Å²) in [5.74, 6) is -0.383. The van der Waals surface area contributed by atoms with E-state index in [2.05, 4.69) is 10.2 Å². The second-order valence-corrected chi connectivity index (χ2v) is 6.79. The van der Waals surface area contributed by atoms with Crippen LogP contribution in [-0.2, 0) is 11.2 Å². The number of hydrogen-bond donors (Lipinski definition) is 1. The van der Waals surface area contributed by atoms with Gasteiger partial charge in [-0.3, -0.25) is 19.7 Å². The van der Waals surface area contributed by atoms with E-state index in [0.29, 0.717) is 29.9 Å². The Labute approximate surface area is 162 Å². The van der Waals surface area contributed by atoms with Gasteiger partial charge in [0.15, 0.2) is 0 Å². The molecule has 146 valence electrons. The van der Waals surface area contributed by atoms with E-state index >= 15 is 0 Å². The first-order chi connectivity index (χ1) is 13.4. The van der Waals surface area contributed by atoms with E-state index in [0.717, 1.165) is 13.1 Å². The van der Waals surface area contributed by atoms with Gasteiger partial charge in [0.25, 0.3) is 11.6 Å². The number of para-hydroxylation sites is 1. The van der Waals surface area contributed by atoms with Crippen LogP contribution in [0.15, 0.2) is 48.5 Å². The quantitative estimate of drug-likeness (QED) is 0.632. The van der Waals surface area contributed by atoms with Crippen LogP contribution in [0.2, 0.25) is 0 Å². The highest BCUT2D eigenvalue weighted by Gasteiger charge is 2.22. The van der Waals surface area contributed by atoms with E-state index in [1.807, 2.05) is 7.05 Å². The summed E-state index contributed by atoms with van der Waals surface area (Å²) in [5.41, 5.74) is 1.57. The Bertz CT molecular complexity index is 874. The number of nitrogens with zero attached hydrogens (tertiary/aromatic N) is 3. The van der Waals surface area contributed by atoms with E-state index in [-0.39, 0.29) is 23.9 Å². The van der Waals surface area contributed by atoms with Crippen LogP contribution in [0.4, 0.5) is 11.4 Å². The van der Waals surface area contributed by atoms with Crippen molar-refractivity contribution in [2.75, 3.05) is 38.5 Å². The Balaban J connectivity index is 1.68. The zero-order valence-electron chi connectivity index (χ0n) is 15.6. The molecule has 2 amide bonds. The number of rotatable bonds is 5. The van der Waals surface area contributed by atoms with Crippen molar-refractivity contribution < 1.29 is 14.5 Å². The second kappa shape index (κ2) is 8.62. The molecule has 2 aromatic carbocycles. The number of nitrogens with one attached hydrogen (secondary N) is 1. The number of benzene rings is 2. The molecule has 8 heteroatoms. The van der Waals surface area contributed by atoms with Crippen molar-refractivity contribution in [2.24, 2.45) is 0 Å². The Hall–Kier alpha value is -3.26. The monoisotopic (exact) mass is 382 g/mol. The van der Waals surface area contributed by atoms with Crippen LogP contribution in [0.3, 0.4) is 0 Å². The van der Waals surface area contributed by atoms with Gasteiger partial charge in [-0.1, -0.05) is 24.3 Å². The number of amides is 2. The molecule has 0 unspecified atom stereocenters. The van der Waals surface area contributed by atoms with Crippen molar-refractivity contribution in [1.29, 1.82) is 0 Å². The van der Waals surface area contributed by atoms with Gasteiger partial charge in [0.05, 0.1) is 22.6 Å². The van der Waals surface area contributed by atoms with E-state index in [4.69, 9.17) is 0 Å². The highest BCUT2D eigenvalue weighted by atomic mass is 16.6. The summed E-state index contributed by atoms with van der Waals surface area (Å²) in [6.45, 7) is 2.95. The fourth-order valence-corrected chi connectivity index (χ4v) is 3.07. The number of likely N-dealkylation sites (N-methyl/N-ethyl adjacent to an activating group) is 1. The van der Waals surface area contributed by atoms with Crippen molar-refractivity contribution in [3.05, 3.63) is 69.8 Å². The minimum absolute atomic E-state index is 0.0210. The molecule has 8 nitrogen and oxygen atoms in total. The molecule has 1 aliphatic heterocycles. The first kappa shape index (κ1) is 19.5. The summed E-state index contributed by atoms with van der Waals surface area (Å²) in [6, 6.07) is 12.8. The van der Waals surface area contributed by atoms with Gasteiger partial charge >= 0.3 is 0 Å². The Morgan fingerprint density at radius 2 is 1.68 bits per heavy atom. The molecule has 0 saturated carbocycles. The topological polar surface area (TPSA) is 95.8 Å². The van der Waals surface area contributed by atoms with Crippen LogP contribution >= 0.6 is 0 Å². The molecule has 3 rings (SSSR count). The summed E-state index contributed by atoms with van der Waals surface area (Å²) in [4.78, 5) is 39.5. The van der Waals surface area contributed by atoms with Crippen LogP contribution in [0, 0.1) is 10.1 Å². The maximum absolute atomic E-state index is 12.9. The highest BCUT2D eigenvalue weighted by molar-refractivity contribution is 6.04. The maximum Gasteiger partial charge on any atom is 0.269 e. The largest absolute Gasteiger partial charge is 0.336 e. The number of piperazine rings is 1. The minimum atomic E-state index is -0.482. The maximum atomic E-state index is 12.9. The molecule has 28 heavy (non-hydrogen) atoms. The van der Waals surface area contributed by atoms with E-state index in [1.165, 1.54) is 12.1 Å². The van der Waals surface area contributed by atoms with Gasteiger partial charge in [0.1, 0.15) is 0 Å². The van der Waals surface area contributed by atoms with Crippen molar-refractivity contribution >= 4 is 23.2 Å². The summed E-state index contributed by atoms with van der Waals surface area (Å²) >= 11 is 0. The predicted octanol–water partition coefficient (Wildman–Crippen LogP) is 2.16. The molecule has 2 aromatic rings. The molecular formula is C20H22N4O4. The number of carbonyl (C=O) groups excluding carboxylic acids is 2. The second-order valence-electron chi connectivity index (χ2n) is 6.79. The lowest BCUT2D eigenvalue weighted by Gasteiger charge is -2.32. The molecule has 0 radical (unpaired) electrons. The van der Waals surface area contributed by atoms with Crippen LogP contribution < -0.4 is 5.32 Å². The SMILES string of the molecule is CN1CCN(C(=O)c2ccccc2NC(=O)Cc2ccc([N+](=O)[O-])cc2)CC1. The number of anilines is 1. The molecule has 0 spiro atoms. The van der Waals surface area contributed by atoms with Crippen molar-refractivity contribution in [1.82, 2.24) is 9.80 Å². The number of hydrogen-bond acceptors (Lipinski definition) is 5. The fourth-order valence-electron chi connectivity index (χ4n) is 3.07. The van der Waals surface area contributed by atoms with E-state index in [9.17, 15) is 19.7 Å². The molecule has 1 saturated heterocycles. The number of non-ortho nitro benzene ring substituents is 1. The summed E-state index contributed by atoms with van der Waals surface area (Å²) in [5, 5.41) is 13.5. The highest BCUT2D eigenvalue weighted by Crippen LogP contribution is 2.19. The number of nitro groups is 1. The van der Waals surface area contributed by atoms with Crippen LogP contribution in [0.1, 0.15) is 15.9 Å². The first-order valence-corrected chi connectivity index (χ1v) is 9.04. The van der Waals surface area contributed by atoms with Crippen molar-refractivity contribution in [3.63, 3.8) is 0 Å². The normalized spacial score (nSPS) is 14.5. The molecule has 0 atom stereocenters. The lowest BCUT2D eigenvalue weighted by molar-refractivity contribution is -0.384. The molecule has 1 heterocycles. The van der Waals surface area contributed by atoms with Gasteiger partial charge < -0.3 is 15.1 Å². The smallest absolute Gasteiger partial charge is 0.269 e. The van der Waals surface area contributed by atoms with E-state index < -0.39 is 4.92 Å². The molecule has 1 aliphatic rings. The Morgan fingerprint density at radius 3 is 2.32 bits per heavy atom. The predicted molar refractivity (Wildman–Crippen MR) is 105 cm³/mol. The van der Waals surface area contributed by atoms with Crippen molar-refractivity contribution in [3.8, 4) is 0 Å². The summed E-state index contributed by atoms with van der Waals surface area (Å²) < 4.78 is 0. The standard InChI is InChI=1S/C20H22N4O4/c1-22-10-12-23(13-11-22)20(26)17-4-2-3-5-18(17)21-19(25)14-15-6-8-16(9-7-15)24(27)28/h2-9H,10-14H2,1H3,(H,21,25). The van der Waals surface area contributed by atoms with Gasteiger partial charge in [0, 0.05) is 38.3 Å². The van der Waals surface area contributed by atoms with Crippen molar-refractivity contribution in [2.45, 2.75) is 6.42 Å². The molecular weight excluding hydrogens is 360 g/mol. The molecule has 1 fully saturated rings. The first-order valence-electron chi connectivity index (χ1n) is 9.04. The number of nitro benzene ring substituents is 1. The molecule has 0 aliphatic carbocycles. The third kappa shape index (κ3) is 4.72. The lowest BCUT2D eigenvalue weighted by atomic mass is 10.1. The molecule has 0 bridgehead atoms. The lowest BCUT2D eigenvalue weighted by Crippen LogP contribution is -2.47. The van der Waals surface area contributed by atoms with E-state index in [1.54, 1.807) is 41.3 Å². The zero-order valence-corrected chi connectivity index (χ0v) is 15.6. The Kier molecular flexibility index (Phi) is 6.00. The average Bonchev–Trinajstić information content (AvgIpc) is 2.69. The van der Waals surface area contributed by atoms with Gasteiger partial charge in [-0.25, -0.2) is 0 Å². The molecule has 1 N–H and O–H groups in total. The third-order valence-corrected chi connectivity index (χ3v) is 4.73. The summed E-state index contributed by atoms with van der Waals surface area (Å²) in [6.07, 6.45) is 0.0645. The van der Waals surface area contributed by atoms with Crippen LogP contribution in [0.25, 0.3) is 0 Å². The molecule has 0 aromatic heterocycles. The zero-order chi connectivity index (χ0) is 20.1. The Morgan fingerprint density at radius 1 is 1.04 bits per heavy atom. The van der Waals surface area contributed by atoms with Gasteiger partial charge in [-0.05, 0) is 24.7 Å². The third-order valence-electron chi connectivity index (χ3n) is 4.73. The van der Waals surface area contributed by atoms with Gasteiger partial charge in [0.2, 0.25) is 5.91 Å². The number of carbonyl (C=O) groups is 2.